The Balaban J connectivity index is 1.43. The standard InChI is InChI=1S/C14H27NO/c1-12-4-2-3-5-14(12)10-15-8-9-16-11-13-6-7-13/h12-15H,2-11H2,1H3. The first kappa shape index (κ1) is 12.4. The summed E-state index contributed by atoms with van der Waals surface area (Å²) in [5, 5.41) is 3.55. The number of ether oxygens (including phenoxy) is 1. The number of hydrogen-bond donors (Lipinski definition) is 1. The van der Waals surface area contributed by atoms with Gasteiger partial charge in [0.2, 0.25) is 0 Å². The second-order valence-corrected chi connectivity index (χ2v) is 5.74. The molecule has 2 heteroatoms. The molecule has 1 N–H and O–H groups in total. The lowest BCUT2D eigenvalue weighted by Gasteiger charge is -2.28. The van der Waals surface area contributed by atoms with E-state index >= 15 is 0 Å². The minimum absolute atomic E-state index is 0.900. The summed E-state index contributed by atoms with van der Waals surface area (Å²) in [6, 6.07) is 0. The van der Waals surface area contributed by atoms with E-state index in [1.807, 2.05) is 0 Å². The van der Waals surface area contributed by atoms with Crippen molar-refractivity contribution in [1.29, 1.82) is 0 Å². The van der Waals surface area contributed by atoms with Crippen LogP contribution in [0.5, 0.6) is 0 Å². The van der Waals surface area contributed by atoms with E-state index in [0.717, 1.165) is 37.5 Å². The molecule has 0 aromatic carbocycles. The fourth-order valence-corrected chi connectivity index (χ4v) is 2.66. The van der Waals surface area contributed by atoms with Crippen LogP contribution in [0.2, 0.25) is 0 Å². The lowest BCUT2D eigenvalue weighted by molar-refractivity contribution is 0.123. The highest BCUT2D eigenvalue weighted by Crippen LogP contribution is 2.29. The lowest BCUT2D eigenvalue weighted by atomic mass is 9.80. The van der Waals surface area contributed by atoms with Crippen LogP contribution < -0.4 is 5.32 Å². The second-order valence-electron chi connectivity index (χ2n) is 5.74. The van der Waals surface area contributed by atoms with Crippen LogP contribution in [-0.4, -0.2) is 26.3 Å². The summed E-state index contributed by atoms with van der Waals surface area (Å²) in [4.78, 5) is 0. The Bertz CT molecular complexity index is 191. The Morgan fingerprint density at radius 3 is 2.69 bits per heavy atom. The van der Waals surface area contributed by atoms with Crippen LogP contribution in [0.25, 0.3) is 0 Å². The second kappa shape index (κ2) is 6.61. The summed E-state index contributed by atoms with van der Waals surface area (Å²) in [5.74, 6) is 2.74. The van der Waals surface area contributed by atoms with Crippen LogP contribution in [0.4, 0.5) is 0 Å². The van der Waals surface area contributed by atoms with E-state index in [4.69, 9.17) is 4.74 Å². The topological polar surface area (TPSA) is 21.3 Å². The van der Waals surface area contributed by atoms with Crippen molar-refractivity contribution < 1.29 is 4.74 Å². The zero-order valence-corrected chi connectivity index (χ0v) is 10.7. The van der Waals surface area contributed by atoms with Gasteiger partial charge in [-0.3, -0.25) is 0 Å². The van der Waals surface area contributed by atoms with Gasteiger partial charge >= 0.3 is 0 Å². The molecule has 2 aliphatic carbocycles. The van der Waals surface area contributed by atoms with Gasteiger partial charge in [-0.25, -0.2) is 0 Å². The molecular weight excluding hydrogens is 198 g/mol. The lowest BCUT2D eigenvalue weighted by Crippen LogP contribution is -2.31. The first-order valence-corrected chi connectivity index (χ1v) is 7.14. The van der Waals surface area contributed by atoms with Crippen molar-refractivity contribution in [2.45, 2.75) is 45.4 Å². The molecule has 0 spiro atoms. The molecule has 0 heterocycles. The summed E-state index contributed by atoms with van der Waals surface area (Å²) < 4.78 is 5.61. The molecule has 2 atom stereocenters. The van der Waals surface area contributed by atoms with Crippen molar-refractivity contribution in [2.75, 3.05) is 26.3 Å². The molecule has 2 aliphatic rings. The van der Waals surface area contributed by atoms with E-state index in [0.29, 0.717) is 0 Å². The maximum absolute atomic E-state index is 5.61. The summed E-state index contributed by atoms with van der Waals surface area (Å²) in [6.45, 7) is 6.55. The van der Waals surface area contributed by atoms with Crippen molar-refractivity contribution >= 4 is 0 Å². The molecule has 0 amide bonds. The molecule has 2 fully saturated rings. The zero-order valence-electron chi connectivity index (χ0n) is 10.7. The van der Waals surface area contributed by atoms with Crippen LogP contribution in [0.15, 0.2) is 0 Å². The Hall–Kier alpha value is -0.0800. The third kappa shape index (κ3) is 4.42. The van der Waals surface area contributed by atoms with Gasteiger partial charge in [0.15, 0.2) is 0 Å². The average Bonchev–Trinajstić information content (AvgIpc) is 3.09. The van der Waals surface area contributed by atoms with E-state index in [9.17, 15) is 0 Å². The number of rotatable bonds is 7. The van der Waals surface area contributed by atoms with Gasteiger partial charge in [0, 0.05) is 13.2 Å². The van der Waals surface area contributed by atoms with Gasteiger partial charge in [0.1, 0.15) is 0 Å². The van der Waals surface area contributed by atoms with Crippen LogP contribution in [0, 0.1) is 17.8 Å². The molecule has 0 aromatic heterocycles. The van der Waals surface area contributed by atoms with Gasteiger partial charge in [0.25, 0.3) is 0 Å². The minimum Gasteiger partial charge on any atom is -0.380 e. The highest BCUT2D eigenvalue weighted by Gasteiger charge is 2.21. The van der Waals surface area contributed by atoms with Crippen molar-refractivity contribution in [2.24, 2.45) is 17.8 Å². The minimum atomic E-state index is 0.900. The molecule has 0 aliphatic heterocycles. The smallest absolute Gasteiger partial charge is 0.0591 e. The van der Waals surface area contributed by atoms with E-state index in [2.05, 4.69) is 12.2 Å². The maximum Gasteiger partial charge on any atom is 0.0591 e. The monoisotopic (exact) mass is 225 g/mol. The molecule has 0 radical (unpaired) electrons. The number of nitrogens with one attached hydrogen (secondary N) is 1. The molecule has 94 valence electrons. The van der Waals surface area contributed by atoms with Gasteiger partial charge in [-0.2, -0.15) is 0 Å². The third-order valence-electron chi connectivity index (χ3n) is 4.17. The van der Waals surface area contributed by atoms with E-state index in [1.165, 1.54) is 45.1 Å². The van der Waals surface area contributed by atoms with Gasteiger partial charge in [-0.1, -0.05) is 26.2 Å². The zero-order chi connectivity index (χ0) is 11.2. The van der Waals surface area contributed by atoms with Crippen LogP contribution in [0.3, 0.4) is 0 Å². The SMILES string of the molecule is CC1CCCCC1CNCCOCC1CC1. The quantitative estimate of drug-likeness (QED) is 0.673. The van der Waals surface area contributed by atoms with Crippen LogP contribution in [-0.2, 0) is 4.74 Å². The Morgan fingerprint density at radius 2 is 1.94 bits per heavy atom. The average molecular weight is 225 g/mol. The van der Waals surface area contributed by atoms with Crippen molar-refractivity contribution in [3.05, 3.63) is 0 Å². The van der Waals surface area contributed by atoms with Crippen molar-refractivity contribution in [1.82, 2.24) is 5.32 Å². The highest BCUT2D eigenvalue weighted by atomic mass is 16.5. The first-order chi connectivity index (χ1) is 7.86. The fraction of sp³-hybridized carbons (Fsp3) is 1.00. The van der Waals surface area contributed by atoms with E-state index in [1.54, 1.807) is 0 Å². The van der Waals surface area contributed by atoms with Crippen molar-refractivity contribution in [3.8, 4) is 0 Å². The molecule has 0 aromatic rings. The normalized spacial score (nSPS) is 30.6. The first-order valence-electron chi connectivity index (χ1n) is 7.14. The molecule has 2 saturated carbocycles. The van der Waals surface area contributed by atoms with Gasteiger partial charge in [-0.05, 0) is 43.6 Å². The summed E-state index contributed by atoms with van der Waals surface area (Å²) in [7, 11) is 0. The largest absolute Gasteiger partial charge is 0.380 e. The highest BCUT2D eigenvalue weighted by molar-refractivity contribution is 4.74. The van der Waals surface area contributed by atoms with Crippen molar-refractivity contribution in [3.63, 3.8) is 0 Å². The predicted molar refractivity (Wildman–Crippen MR) is 67.5 cm³/mol. The maximum atomic E-state index is 5.61. The van der Waals surface area contributed by atoms with E-state index in [-0.39, 0.29) is 0 Å². The molecule has 16 heavy (non-hydrogen) atoms. The Kier molecular flexibility index (Phi) is 5.11. The van der Waals surface area contributed by atoms with Gasteiger partial charge in [-0.15, -0.1) is 0 Å². The Morgan fingerprint density at radius 1 is 1.12 bits per heavy atom. The predicted octanol–water partition coefficient (Wildman–Crippen LogP) is 2.83. The molecule has 0 bridgehead atoms. The summed E-state index contributed by atoms with van der Waals surface area (Å²) in [6.07, 6.45) is 8.54. The van der Waals surface area contributed by atoms with Crippen LogP contribution in [0.1, 0.15) is 45.4 Å². The third-order valence-corrected chi connectivity index (χ3v) is 4.17. The fourth-order valence-electron chi connectivity index (χ4n) is 2.66. The van der Waals surface area contributed by atoms with Crippen LogP contribution >= 0.6 is 0 Å². The summed E-state index contributed by atoms with van der Waals surface area (Å²) >= 11 is 0. The van der Waals surface area contributed by atoms with Gasteiger partial charge < -0.3 is 10.1 Å². The molecule has 2 rings (SSSR count). The van der Waals surface area contributed by atoms with Gasteiger partial charge in [0.05, 0.1) is 6.61 Å². The molecule has 0 saturated heterocycles. The molecule has 2 unspecified atom stereocenters. The van der Waals surface area contributed by atoms with E-state index < -0.39 is 0 Å². The Labute approximate surface area is 100 Å². The molecule has 2 nitrogen and oxygen atoms in total. The number of hydrogen-bond acceptors (Lipinski definition) is 2. The summed E-state index contributed by atoms with van der Waals surface area (Å²) in [5.41, 5.74) is 0. The molecular formula is C14H27NO.